The Kier molecular flexibility index (Phi) is 5.57. The highest BCUT2D eigenvalue weighted by Crippen LogP contribution is 2.01. The third kappa shape index (κ3) is 5.53. The van der Waals surface area contributed by atoms with E-state index in [1.54, 1.807) is 6.08 Å². The molecule has 0 bridgehead atoms. The highest BCUT2D eigenvalue weighted by atomic mass is 16.3. The number of aliphatic hydroxyl groups excluding tert-OH is 2. The van der Waals surface area contributed by atoms with Crippen molar-refractivity contribution in [3.8, 4) is 0 Å². The Balaban J connectivity index is 3.25. The third-order valence-corrected chi connectivity index (χ3v) is 1.17. The zero-order valence-electron chi connectivity index (χ0n) is 5.80. The zero-order chi connectivity index (χ0) is 7.11. The molecule has 0 amide bonds. The number of hydrogen-bond acceptors (Lipinski definition) is 2. The fourth-order valence-electron chi connectivity index (χ4n) is 0.616. The summed E-state index contributed by atoms with van der Waals surface area (Å²) in [5, 5.41) is 16.8. The molecule has 0 aliphatic rings. The Morgan fingerprint density at radius 2 is 2.11 bits per heavy atom. The molecule has 0 heterocycles. The van der Waals surface area contributed by atoms with Gasteiger partial charge in [0, 0.05) is 6.61 Å². The van der Waals surface area contributed by atoms with Gasteiger partial charge in [0.1, 0.15) is 0 Å². The molecule has 54 valence electrons. The van der Waals surface area contributed by atoms with Crippen LogP contribution in [0.5, 0.6) is 0 Å². The largest absolute Gasteiger partial charge is 0.396 e. The molecule has 0 aliphatic heterocycles. The standard InChI is InChI=1S/C7H14O2/c1-7(4-6-9)3-2-5-8/h4,8-9H,2-3,5-6H2,1H3. The second kappa shape index (κ2) is 5.79. The number of rotatable bonds is 4. The molecule has 0 saturated heterocycles. The summed E-state index contributed by atoms with van der Waals surface area (Å²) in [6.45, 7) is 2.29. The van der Waals surface area contributed by atoms with Gasteiger partial charge in [0.05, 0.1) is 6.61 Å². The molecular formula is C7H14O2. The molecule has 0 aromatic carbocycles. The SMILES string of the molecule is CC(=CCO)CCCO. The van der Waals surface area contributed by atoms with Crippen molar-refractivity contribution in [3.05, 3.63) is 11.6 Å². The fourth-order valence-corrected chi connectivity index (χ4v) is 0.616. The van der Waals surface area contributed by atoms with Crippen molar-refractivity contribution in [1.29, 1.82) is 0 Å². The van der Waals surface area contributed by atoms with E-state index >= 15 is 0 Å². The Hall–Kier alpha value is -0.340. The predicted molar refractivity (Wildman–Crippen MR) is 37.2 cm³/mol. The molecule has 0 fully saturated rings. The van der Waals surface area contributed by atoms with Crippen molar-refractivity contribution in [2.24, 2.45) is 0 Å². The topological polar surface area (TPSA) is 40.5 Å². The van der Waals surface area contributed by atoms with Crippen LogP contribution in [0.1, 0.15) is 19.8 Å². The molecule has 0 aromatic heterocycles. The summed E-state index contributed by atoms with van der Waals surface area (Å²) in [4.78, 5) is 0. The first-order valence-corrected chi connectivity index (χ1v) is 3.18. The smallest absolute Gasteiger partial charge is 0.0614 e. The van der Waals surface area contributed by atoms with Crippen LogP contribution in [0.4, 0.5) is 0 Å². The molecule has 9 heavy (non-hydrogen) atoms. The Labute approximate surface area is 55.8 Å². The van der Waals surface area contributed by atoms with E-state index in [0.717, 1.165) is 18.4 Å². The van der Waals surface area contributed by atoms with Crippen molar-refractivity contribution in [1.82, 2.24) is 0 Å². The summed E-state index contributed by atoms with van der Waals surface area (Å²) in [5.74, 6) is 0. The van der Waals surface area contributed by atoms with Gasteiger partial charge in [0.2, 0.25) is 0 Å². The van der Waals surface area contributed by atoms with Crippen molar-refractivity contribution >= 4 is 0 Å². The molecule has 2 N–H and O–H groups in total. The van der Waals surface area contributed by atoms with Crippen LogP contribution in [-0.2, 0) is 0 Å². The van der Waals surface area contributed by atoms with Gasteiger partial charge in [-0.3, -0.25) is 0 Å². The predicted octanol–water partition coefficient (Wildman–Crippen LogP) is 0.698. The molecule has 0 aliphatic carbocycles. The van der Waals surface area contributed by atoms with E-state index in [9.17, 15) is 0 Å². The second-order valence-corrected chi connectivity index (χ2v) is 2.06. The lowest BCUT2D eigenvalue weighted by Crippen LogP contribution is -1.85. The zero-order valence-corrected chi connectivity index (χ0v) is 5.80. The monoisotopic (exact) mass is 130 g/mol. The second-order valence-electron chi connectivity index (χ2n) is 2.06. The Morgan fingerprint density at radius 1 is 1.44 bits per heavy atom. The molecule has 0 atom stereocenters. The summed E-state index contributed by atoms with van der Waals surface area (Å²) in [6, 6.07) is 0. The highest BCUT2D eigenvalue weighted by molar-refractivity contribution is 4.97. The number of aliphatic hydroxyl groups is 2. The maximum atomic E-state index is 8.40. The average Bonchev–Trinajstić information content (AvgIpc) is 1.85. The van der Waals surface area contributed by atoms with Crippen molar-refractivity contribution in [2.75, 3.05) is 13.2 Å². The normalized spacial score (nSPS) is 12.1. The summed E-state index contributed by atoms with van der Waals surface area (Å²) in [5.41, 5.74) is 1.14. The molecule has 0 unspecified atom stereocenters. The van der Waals surface area contributed by atoms with E-state index in [1.807, 2.05) is 6.92 Å². The van der Waals surface area contributed by atoms with E-state index in [0.29, 0.717) is 0 Å². The van der Waals surface area contributed by atoms with Gasteiger partial charge in [0.15, 0.2) is 0 Å². The Morgan fingerprint density at radius 3 is 2.56 bits per heavy atom. The van der Waals surface area contributed by atoms with Gasteiger partial charge >= 0.3 is 0 Å². The molecular weight excluding hydrogens is 116 g/mol. The van der Waals surface area contributed by atoms with Crippen molar-refractivity contribution in [3.63, 3.8) is 0 Å². The lowest BCUT2D eigenvalue weighted by Gasteiger charge is -1.95. The van der Waals surface area contributed by atoms with Crippen LogP contribution in [0.15, 0.2) is 11.6 Å². The summed E-state index contributed by atoms with van der Waals surface area (Å²) >= 11 is 0. The molecule has 0 aromatic rings. The van der Waals surface area contributed by atoms with Gasteiger partial charge in [-0.25, -0.2) is 0 Å². The summed E-state index contributed by atoms with van der Waals surface area (Å²) in [6.07, 6.45) is 3.44. The number of allylic oxidation sites excluding steroid dienone is 1. The van der Waals surface area contributed by atoms with Crippen molar-refractivity contribution < 1.29 is 10.2 Å². The van der Waals surface area contributed by atoms with Crippen LogP contribution in [0, 0.1) is 0 Å². The van der Waals surface area contributed by atoms with E-state index in [1.165, 1.54) is 0 Å². The third-order valence-electron chi connectivity index (χ3n) is 1.17. The molecule has 0 rings (SSSR count). The first kappa shape index (κ1) is 8.66. The lowest BCUT2D eigenvalue weighted by atomic mass is 10.2. The quantitative estimate of drug-likeness (QED) is 0.550. The Bertz CT molecular complexity index is 86.9. The summed E-state index contributed by atoms with van der Waals surface area (Å²) < 4.78 is 0. The molecule has 2 nitrogen and oxygen atoms in total. The van der Waals surface area contributed by atoms with Crippen LogP contribution in [0.25, 0.3) is 0 Å². The van der Waals surface area contributed by atoms with Gasteiger partial charge in [0.25, 0.3) is 0 Å². The van der Waals surface area contributed by atoms with Gasteiger partial charge < -0.3 is 10.2 Å². The fraction of sp³-hybridized carbons (Fsp3) is 0.714. The van der Waals surface area contributed by atoms with E-state index in [2.05, 4.69) is 0 Å². The molecule has 2 heteroatoms. The minimum absolute atomic E-state index is 0.108. The van der Waals surface area contributed by atoms with E-state index in [-0.39, 0.29) is 13.2 Å². The first-order valence-electron chi connectivity index (χ1n) is 3.18. The molecule has 0 spiro atoms. The maximum Gasteiger partial charge on any atom is 0.0614 e. The maximum absolute atomic E-state index is 8.40. The molecule has 0 radical (unpaired) electrons. The van der Waals surface area contributed by atoms with Crippen molar-refractivity contribution in [2.45, 2.75) is 19.8 Å². The van der Waals surface area contributed by atoms with Gasteiger partial charge in [-0.1, -0.05) is 11.6 Å². The lowest BCUT2D eigenvalue weighted by molar-refractivity contribution is 0.288. The highest BCUT2D eigenvalue weighted by Gasteiger charge is 1.86. The minimum atomic E-state index is 0.108. The van der Waals surface area contributed by atoms with Crippen LogP contribution in [-0.4, -0.2) is 23.4 Å². The van der Waals surface area contributed by atoms with Crippen LogP contribution >= 0.6 is 0 Å². The van der Waals surface area contributed by atoms with Gasteiger partial charge in [-0.05, 0) is 19.8 Å². The van der Waals surface area contributed by atoms with E-state index < -0.39 is 0 Å². The van der Waals surface area contributed by atoms with E-state index in [4.69, 9.17) is 10.2 Å². The average molecular weight is 130 g/mol. The van der Waals surface area contributed by atoms with Crippen LogP contribution in [0.2, 0.25) is 0 Å². The van der Waals surface area contributed by atoms with Crippen LogP contribution < -0.4 is 0 Å². The van der Waals surface area contributed by atoms with Crippen LogP contribution in [0.3, 0.4) is 0 Å². The first-order chi connectivity index (χ1) is 4.31. The van der Waals surface area contributed by atoms with Gasteiger partial charge in [-0.2, -0.15) is 0 Å². The number of hydrogen-bond donors (Lipinski definition) is 2. The minimum Gasteiger partial charge on any atom is -0.396 e. The van der Waals surface area contributed by atoms with Gasteiger partial charge in [-0.15, -0.1) is 0 Å². The molecule has 0 saturated carbocycles. The summed E-state index contributed by atoms with van der Waals surface area (Å²) in [7, 11) is 0.